The Morgan fingerprint density at radius 2 is 1.81 bits per heavy atom. The summed E-state index contributed by atoms with van der Waals surface area (Å²) in [6, 6.07) is 11.8. The SMILES string of the molecule is Cc1ccc(-c2nnn(CC(=O)N(c3cccc(O)c3)C(C(=O)NC(C)(C)C)c3ccc(C)o3)n2)o1. The van der Waals surface area contributed by atoms with E-state index in [1.54, 1.807) is 50.2 Å². The number of aryl methyl sites for hydroxylation is 2. The van der Waals surface area contributed by atoms with Crippen LogP contribution in [-0.2, 0) is 16.1 Å². The van der Waals surface area contributed by atoms with Crippen LogP contribution in [0.25, 0.3) is 11.6 Å². The summed E-state index contributed by atoms with van der Waals surface area (Å²) in [6.07, 6.45) is 0. The molecule has 4 rings (SSSR count). The van der Waals surface area contributed by atoms with Crippen LogP contribution in [0.1, 0.15) is 44.1 Å². The second-order valence-electron chi connectivity index (χ2n) is 9.43. The Morgan fingerprint density at radius 3 is 2.42 bits per heavy atom. The normalized spacial score (nSPS) is 12.4. The predicted molar refractivity (Wildman–Crippen MR) is 130 cm³/mol. The summed E-state index contributed by atoms with van der Waals surface area (Å²) in [4.78, 5) is 29.6. The number of anilines is 1. The van der Waals surface area contributed by atoms with Gasteiger partial charge in [-0.1, -0.05) is 6.07 Å². The van der Waals surface area contributed by atoms with Crippen molar-refractivity contribution in [1.82, 2.24) is 25.5 Å². The van der Waals surface area contributed by atoms with Crippen molar-refractivity contribution in [3.05, 3.63) is 65.8 Å². The molecule has 188 valence electrons. The smallest absolute Gasteiger partial charge is 0.251 e. The number of carbonyl (C=O) groups is 2. The number of carbonyl (C=O) groups excluding carboxylic acids is 2. The van der Waals surface area contributed by atoms with E-state index < -0.39 is 23.4 Å². The van der Waals surface area contributed by atoms with Gasteiger partial charge in [0.25, 0.3) is 11.8 Å². The van der Waals surface area contributed by atoms with E-state index in [-0.39, 0.29) is 23.9 Å². The summed E-state index contributed by atoms with van der Waals surface area (Å²) in [5.41, 5.74) is -0.279. The molecule has 36 heavy (non-hydrogen) atoms. The molecule has 0 aliphatic rings. The van der Waals surface area contributed by atoms with E-state index in [1.165, 1.54) is 17.0 Å². The number of furan rings is 2. The molecule has 2 N–H and O–H groups in total. The number of amides is 2. The summed E-state index contributed by atoms with van der Waals surface area (Å²) < 4.78 is 11.3. The summed E-state index contributed by atoms with van der Waals surface area (Å²) in [6.45, 7) is 8.73. The van der Waals surface area contributed by atoms with Crippen LogP contribution in [-0.4, -0.2) is 42.7 Å². The third kappa shape index (κ3) is 5.62. The van der Waals surface area contributed by atoms with E-state index in [0.29, 0.717) is 23.0 Å². The monoisotopic (exact) mass is 492 g/mol. The van der Waals surface area contributed by atoms with Crippen molar-refractivity contribution < 1.29 is 23.5 Å². The third-order valence-electron chi connectivity index (χ3n) is 5.10. The number of tetrazole rings is 1. The summed E-state index contributed by atoms with van der Waals surface area (Å²) in [5.74, 6) is 1.14. The zero-order chi connectivity index (χ0) is 26.0. The van der Waals surface area contributed by atoms with Crippen LogP contribution in [0, 0.1) is 13.8 Å². The van der Waals surface area contributed by atoms with Gasteiger partial charge in [-0.2, -0.15) is 4.80 Å². The van der Waals surface area contributed by atoms with Gasteiger partial charge in [-0.05, 0) is 76.2 Å². The van der Waals surface area contributed by atoms with Crippen molar-refractivity contribution in [3.63, 3.8) is 0 Å². The first-order valence-electron chi connectivity index (χ1n) is 11.3. The lowest BCUT2D eigenvalue weighted by Crippen LogP contribution is -2.50. The van der Waals surface area contributed by atoms with Crippen LogP contribution in [0.4, 0.5) is 5.69 Å². The number of phenolic OH excluding ortho intramolecular Hbond substituents is 1. The fraction of sp³-hybridized carbons (Fsp3) is 0.320. The molecule has 0 saturated carbocycles. The maximum Gasteiger partial charge on any atom is 0.251 e. The van der Waals surface area contributed by atoms with Gasteiger partial charge in [0.05, 0.1) is 0 Å². The van der Waals surface area contributed by atoms with Crippen LogP contribution in [0.15, 0.2) is 57.4 Å². The van der Waals surface area contributed by atoms with Crippen molar-refractivity contribution in [2.75, 3.05) is 4.90 Å². The lowest BCUT2D eigenvalue weighted by Gasteiger charge is -2.32. The second kappa shape index (κ2) is 9.68. The van der Waals surface area contributed by atoms with Gasteiger partial charge in [-0.3, -0.25) is 14.5 Å². The molecule has 4 aromatic rings. The fourth-order valence-corrected chi connectivity index (χ4v) is 3.65. The highest BCUT2D eigenvalue weighted by atomic mass is 16.3. The van der Waals surface area contributed by atoms with E-state index in [2.05, 4.69) is 20.7 Å². The number of nitrogens with zero attached hydrogens (tertiary/aromatic N) is 5. The highest BCUT2D eigenvalue weighted by molar-refractivity contribution is 6.01. The van der Waals surface area contributed by atoms with Gasteiger partial charge in [0, 0.05) is 17.3 Å². The van der Waals surface area contributed by atoms with E-state index in [9.17, 15) is 14.7 Å². The topological polar surface area (TPSA) is 140 Å². The first-order valence-corrected chi connectivity index (χ1v) is 11.3. The second-order valence-corrected chi connectivity index (χ2v) is 9.43. The summed E-state index contributed by atoms with van der Waals surface area (Å²) in [7, 11) is 0. The van der Waals surface area contributed by atoms with Gasteiger partial charge >= 0.3 is 0 Å². The minimum Gasteiger partial charge on any atom is -0.508 e. The Bertz CT molecular complexity index is 1380. The lowest BCUT2D eigenvalue weighted by atomic mass is 10.1. The maximum absolute atomic E-state index is 13.7. The molecule has 3 heterocycles. The number of nitrogens with one attached hydrogen (secondary N) is 1. The molecule has 1 unspecified atom stereocenters. The van der Waals surface area contributed by atoms with Crippen molar-refractivity contribution in [1.29, 1.82) is 0 Å². The Balaban J connectivity index is 1.73. The third-order valence-corrected chi connectivity index (χ3v) is 5.10. The van der Waals surface area contributed by atoms with Gasteiger partial charge in [0.1, 0.15) is 29.6 Å². The zero-order valence-corrected chi connectivity index (χ0v) is 20.7. The summed E-state index contributed by atoms with van der Waals surface area (Å²) in [5, 5.41) is 25.2. The predicted octanol–water partition coefficient (Wildman–Crippen LogP) is 3.54. The average Bonchev–Trinajstić information content (AvgIpc) is 3.52. The Hall–Kier alpha value is -4.41. The van der Waals surface area contributed by atoms with E-state index >= 15 is 0 Å². The van der Waals surface area contributed by atoms with Crippen LogP contribution in [0.2, 0.25) is 0 Å². The molecule has 11 nitrogen and oxygen atoms in total. The van der Waals surface area contributed by atoms with Crippen LogP contribution < -0.4 is 10.2 Å². The fourth-order valence-electron chi connectivity index (χ4n) is 3.65. The zero-order valence-electron chi connectivity index (χ0n) is 20.7. The van der Waals surface area contributed by atoms with Crippen molar-refractivity contribution >= 4 is 17.5 Å². The van der Waals surface area contributed by atoms with E-state index in [0.717, 1.165) is 4.80 Å². The highest BCUT2D eigenvalue weighted by Gasteiger charge is 2.37. The molecular weight excluding hydrogens is 464 g/mol. The van der Waals surface area contributed by atoms with Gasteiger partial charge in [0.2, 0.25) is 5.82 Å². The Morgan fingerprint density at radius 1 is 1.08 bits per heavy atom. The molecule has 0 aliphatic carbocycles. The van der Waals surface area contributed by atoms with Gasteiger partial charge in [-0.15, -0.1) is 10.2 Å². The molecule has 0 fully saturated rings. The molecule has 2 amide bonds. The molecule has 0 aliphatic heterocycles. The van der Waals surface area contributed by atoms with E-state index in [1.807, 2.05) is 20.8 Å². The number of benzene rings is 1. The van der Waals surface area contributed by atoms with E-state index in [4.69, 9.17) is 8.83 Å². The lowest BCUT2D eigenvalue weighted by molar-refractivity contribution is -0.128. The molecule has 11 heteroatoms. The molecular formula is C25H28N6O5. The van der Waals surface area contributed by atoms with Crippen molar-refractivity contribution in [2.24, 2.45) is 0 Å². The number of hydrogen-bond donors (Lipinski definition) is 2. The van der Waals surface area contributed by atoms with Gasteiger partial charge < -0.3 is 19.3 Å². The Labute approximate surface area is 207 Å². The van der Waals surface area contributed by atoms with Crippen molar-refractivity contribution in [3.8, 4) is 17.3 Å². The number of phenols is 1. The number of aromatic nitrogens is 4. The largest absolute Gasteiger partial charge is 0.508 e. The molecule has 3 aromatic heterocycles. The maximum atomic E-state index is 13.7. The molecule has 1 atom stereocenters. The first-order chi connectivity index (χ1) is 17.0. The molecule has 0 spiro atoms. The molecule has 0 saturated heterocycles. The minimum absolute atomic E-state index is 0.0646. The molecule has 1 aromatic carbocycles. The molecule has 0 radical (unpaired) electrons. The van der Waals surface area contributed by atoms with Crippen LogP contribution in [0.5, 0.6) is 5.75 Å². The van der Waals surface area contributed by atoms with Crippen LogP contribution >= 0.6 is 0 Å². The summed E-state index contributed by atoms with van der Waals surface area (Å²) >= 11 is 0. The number of hydrogen-bond acceptors (Lipinski definition) is 8. The van der Waals surface area contributed by atoms with Gasteiger partial charge in [-0.25, -0.2) is 0 Å². The van der Waals surface area contributed by atoms with Crippen LogP contribution in [0.3, 0.4) is 0 Å². The van der Waals surface area contributed by atoms with Gasteiger partial charge in [0.15, 0.2) is 11.8 Å². The van der Waals surface area contributed by atoms with Crippen molar-refractivity contribution in [2.45, 2.75) is 52.7 Å². The number of rotatable bonds is 7. The average molecular weight is 493 g/mol. The highest BCUT2D eigenvalue weighted by Crippen LogP contribution is 2.32. The quantitative estimate of drug-likeness (QED) is 0.399. The number of aromatic hydroxyl groups is 1. The Kier molecular flexibility index (Phi) is 6.65. The first kappa shape index (κ1) is 24.7. The minimum atomic E-state index is -1.16. The standard InChI is InChI=1S/C25H28N6O5/c1-15-9-11-19(35-15)22(24(34)26-25(3,4)5)31(17-7-6-8-18(32)13-17)21(33)14-30-28-23(27-29-30)20-12-10-16(2)36-20/h6-13,22,32H,14H2,1-5H3,(H,26,34). The molecule has 0 bridgehead atoms.